The first-order valence-corrected chi connectivity index (χ1v) is 12.7. The zero-order valence-corrected chi connectivity index (χ0v) is 22.1. The van der Waals surface area contributed by atoms with E-state index < -0.39 is 0 Å². The van der Waals surface area contributed by atoms with Gasteiger partial charge in [-0.2, -0.15) is 0 Å². The Bertz CT molecular complexity index is 1580. The van der Waals surface area contributed by atoms with Gasteiger partial charge in [-0.1, -0.05) is 60.7 Å². The quantitative estimate of drug-likeness (QED) is 0.246. The maximum Gasteiger partial charge on any atom is 0.255 e. The number of amides is 1. The van der Waals surface area contributed by atoms with E-state index in [0.717, 1.165) is 44.7 Å². The molecule has 1 unspecified atom stereocenters. The lowest BCUT2D eigenvalue weighted by atomic mass is 10.0. The number of hydrogen-bond acceptors (Lipinski definition) is 5. The van der Waals surface area contributed by atoms with E-state index in [1.807, 2.05) is 93.8 Å². The molecule has 0 bridgehead atoms. The molecule has 38 heavy (non-hydrogen) atoms. The van der Waals surface area contributed by atoms with Crippen molar-refractivity contribution in [1.29, 1.82) is 0 Å². The predicted octanol–water partition coefficient (Wildman–Crippen LogP) is 7.22. The lowest BCUT2D eigenvalue weighted by Gasteiger charge is -2.21. The zero-order valence-electron chi connectivity index (χ0n) is 22.1. The molecule has 1 heterocycles. The van der Waals surface area contributed by atoms with Crippen LogP contribution in [-0.4, -0.2) is 34.9 Å². The summed E-state index contributed by atoms with van der Waals surface area (Å²) >= 11 is 0. The van der Waals surface area contributed by atoms with Crippen LogP contribution in [-0.2, 0) is 0 Å². The van der Waals surface area contributed by atoms with Gasteiger partial charge in [0, 0.05) is 33.9 Å². The molecule has 0 aliphatic heterocycles. The minimum atomic E-state index is -0.150. The summed E-state index contributed by atoms with van der Waals surface area (Å²) in [6.45, 7) is 4.14. The van der Waals surface area contributed by atoms with Crippen LogP contribution in [0.2, 0.25) is 0 Å². The van der Waals surface area contributed by atoms with Gasteiger partial charge in [0.25, 0.3) is 5.91 Å². The summed E-state index contributed by atoms with van der Waals surface area (Å²) in [5.74, 6) is 0.352. The molecule has 0 saturated carbocycles. The van der Waals surface area contributed by atoms with Crippen molar-refractivity contribution in [2.24, 2.45) is 0 Å². The molecule has 190 valence electrons. The van der Waals surface area contributed by atoms with Gasteiger partial charge in [0.15, 0.2) is 0 Å². The first kappa shape index (κ1) is 25.1. The number of para-hydroxylation sites is 1. The van der Waals surface area contributed by atoms with Crippen molar-refractivity contribution in [3.63, 3.8) is 0 Å². The molecule has 1 atom stereocenters. The maximum atomic E-state index is 13.0. The van der Waals surface area contributed by atoms with Crippen molar-refractivity contribution in [2.45, 2.75) is 19.9 Å². The van der Waals surface area contributed by atoms with E-state index in [2.05, 4.69) is 34.6 Å². The first-order chi connectivity index (χ1) is 18.4. The normalized spacial score (nSPS) is 11.9. The number of anilines is 3. The average Bonchev–Trinajstić information content (AvgIpc) is 2.94. The number of carbonyl (C=O) groups is 1. The van der Waals surface area contributed by atoms with E-state index in [1.165, 1.54) is 0 Å². The van der Waals surface area contributed by atoms with E-state index in [4.69, 9.17) is 9.97 Å². The molecule has 6 heteroatoms. The third-order valence-electron chi connectivity index (χ3n) is 6.82. The highest BCUT2D eigenvalue weighted by Gasteiger charge is 2.13. The molecule has 6 nitrogen and oxygen atoms in total. The van der Waals surface area contributed by atoms with E-state index in [1.54, 1.807) is 12.1 Å². The predicted molar refractivity (Wildman–Crippen MR) is 156 cm³/mol. The highest BCUT2D eigenvalue weighted by atomic mass is 16.1. The Morgan fingerprint density at radius 2 is 1.55 bits per heavy atom. The number of carbonyl (C=O) groups excluding carboxylic acids is 1. The summed E-state index contributed by atoms with van der Waals surface area (Å²) in [7, 11) is 4.09. The van der Waals surface area contributed by atoms with Gasteiger partial charge >= 0.3 is 0 Å². The van der Waals surface area contributed by atoms with Crippen LogP contribution in [0.25, 0.3) is 22.2 Å². The molecule has 1 aromatic heterocycles. The van der Waals surface area contributed by atoms with E-state index in [9.17, 15) is 4.79 Å². The minimum absolute atomic E-state index is 0.150. The summed E-state index contributed by atoms with van der Waals surface area (Å²) in [6, 6.07) is 31.9. The second-order valence-electron chi connectivity index (χ2n) is 9.65. The highest BCUT2D eigenvalue weighted by molar-refractivity contribution is 6.05. The second kappa shape index (κ2) is 10.8. The third-order valence-corrected chi connectivity index (χ3v) is 6.82. The third kappa shape index (κ3) is 5.41. The van der Waals surface area contributed by atoms with Gasteiger partial charge in [0.1, 0.15) is 0 Å². The largest absolute Gasteiger partial charge is 0.324 e. The summed E-state index contributed by atoms with van der Waals surface area (Å²) in [6.07, 6.45) is 0. The number of hydrogen-bond donors (Lipinski definition) is 2. The molecular formula is C32H31N5O. The Balaban J connectivity index is 1.36. The molecule has 5 rings (SSSR count). The molecule has 4 aromatic carbocycles. The number of nitrogens with zero attached hydrogens (tertiary/aromatic N) is 3. The zero-order chi connectivity index (χ0) is 26.6. The van der Waals surface area contributed by atoms with Crippen molar-refractivity contribution in [2.75, 3.05) is 24.7 Å². The molecule has 0 radical (unpaired) electrons. The molecule has 0 fully saturated rings. The van der Waals surface area contributed by atoms with Crippen molar-refractivity contribution in [3.05, 3.63) is 114 Å². The minimum Gasteiger partial charge on any atom is -0.324 e. The van der Waals surface area contributed by atoms with Gasteiger partial charge in [0.05, 0.1) is 11.2 Å². The number of fused-ring (bicyclic) bond motifs is 1. The molecule has 1 amide bonds. The summed E-state index contributed by atoms with van der Waals surface area (Å²) in [5.41, 5.74) is 7.13. The summed E-state index contributed by atoms with van der Waals surface area (Å²) in [4.78, 5) is 24.7. The Morgan fingerprint density at radius 3 is 2.29 bits per heavy atom. The highest BCUT2D eigenvalue weighted by Crippen LogP contribution is 2.28. The number of nitrogens with one attached hydrogen (secondary N) is 2. The van der Waals surface area contributed by atoms with Crippen molar-refractivity contribution in [1.82, 2.24) is 14.9 Å². The molecule has 0 aliphatic rings. The fraction of sp³-hybridized carbons (Fsp3) is 0.156. The molecule has 5 aromatic rings. The van der Waals surface area contributed by atoms with Gasteiger partial charge in [-0.05, 0) is 75.5 Å². The van der Waals surface area contributed by atoms with Gasteiger partial charge in [-0.25, -0.2) is 9.97 Å². The Morgan fingerprint density at radius 1 is 0.842 bits per heavy atom. The van der Waals surface area contributed by atoms with Crippen LogP contribution in [0, 0.1) is 6.92 Å². The number of aromatic nitrogens is 2. The smallest absolute Gasteiger partial charge is 0.255 e. The lowest BCUT2D eigenvalue weighted by molar-refractivity contribution is 0.102. The Kier molecular flexibility index (Phi) is 7.15. The second-order valence-corrected chi connectivity index (χ2v) is 9.65. The van der Waals surface area contributed by atoms with E-state index >= 15 is 0 Å². The van der Waals surface area contributed by atoms with Crippen LogP contribution in [0.1, 0.15) is 34.5 Å². The van der Waals surface area contributed by atoms with Crippen molar-refractivity contribution < 1.29 is 4.79 Å². The number of benzene rings is 4. The van der Waals surface area contributed by atoms with Gasteiger partial charge in [0.2, 0.25) is 5.95 Å². The monoisotopic (exact) mass is 501 g/mol. The fourth-order valence-corrected chi connectivity index (χ4v) is 4.31. The lowest BCUT2D eigenvalue weighted by Crippen LogP contribution is -2.18. The van der Waals surface area contributed by atoms with Gasteiger partial charge in [-0.3, -0.25) is 4.79 Å². The van der Waals surface area contributed by atoms with Crippen molar-refractivity contribution >= 4 is 34.1 Å². The standard InChI is InChI=1S/C32H31N5O/c1-21-14-15-25(22(2)37(3)4)20-29(21)34-31(38)24-16-18-26(19-17-24)33-32-35-28-13-9-8-12-27(28)30(36-32)23-10-6-5-7-11-23/h5-20,22H,1-4H3,(H,34,38)(H,33,35,36). The molecule has 0 aliphatic carbocycles. The van der Waals surface area contributed by atoms with Gasteiger partial charge in [-0.15, -0.1) is 0 Å². The molecule has 2 N–H and O–H groups in total. The fourth-order valence-electron chi connectivity index (χ4n) is 4.31. The van der Waals surface area contributed by atoms with Crippen LogP contribution < -0.4 is 10.6 Å². The van der Waals surface area contributed by atoms with Crippen LogP contribution >= 0.6 is 0 Å². The molecule has 0 spiro atoms. The topological polar surface area (TPSA) is 70.2 Å². The van der Waals surface area contributed by atoms with Crippen LogP contribution in [0.15, 0.2) is 97.1 Å². The number of rotatable bonds is 7. The van der Waals surface area contributed by atoms with E-state index in [0.29, 0.717) is 11.5 Å². The number of aryl methyl sites for hydroxylation is 1. The first-order valence-electron chi connectivity index (χ1n) is 12.7. The van der Waals surface area contributed by atoms with Crippen LogP contribution in [0.5, 0.6) is 0 Å². The Hall–Kier alpha value is -4.55. The SMILES string of the molecule is Cc1ccc(C(C)N(C)C)cc1NC(=O)c1ccc(Nc2nc(-c3ccccc3)c3ccccc3n2)cc1. The molecule has 0 saturated heterocycles. The van der Waals surface area contributed by atoms with Gasteiger partial charge < -0.3 is 15.5 Å². The Labute approximate surface area is 223 Å². The summed E-state index contributed by atoms with van der Waals surface area (Å²) in [5, 5.41) is 7.37. The van der Waals surface area contributed by atoms with E-state index in [-0.39, 0.29) is 11.9 Å². The van der Waals surface area contributed by atoms with Crippen molar-refractivity contribution in [3.8, 4) is 11.3 Å². The average molecular weight is 502 g/mol. The van der Waals surface area contributed by atoms with Crippen LogP contribution in [0.3, 0.4) is 0 Å². The molecular weight excluding hydrogens is 470 g/mol. The summed E-state index contributed by atoms with van der Waals surface area (Å²) < 4.78 is 0. The maximum absolute atomic E-state index is 13.0. The van der Waals surface area contributed by atoms with Crippen LogP contribution in [0.4, 0.5) is 17.3 Å².